The summed E-state index contributed by atoms with van der Waals surface area (Å²) in [7, 11) is 1.61. The highest BCUT2D eigenvalue weighted by molar-refractivity contribution is 7.99. The summed E-state index contributed by atoms with van der Waals surface area (Å²) in [6.07, 6.45) is 0. The van der Waals surface area contributed by atoms with Crippen molar-refractivity contribution in [2.75, 3.05) is 19.3 Å². The summed E-state index contributed by atoms with van der Waals surface area (Å²) in [4.78, 5) is 30.7. The lowest BCUT2D eigenvalue weighted by molar-refractivity contribution is -0.133. The first-order chi connectivity index (χ1) is 11.2. The fourth-order valence-electron chi connectivity index (χ4n) is 1.83. The first-order valence-corrected chi connectivity index (χ1v) is 9.25. The molecule has 0 aromatic carbocycles. The van der Waals surface area contributed by atoms with Crippen LogP contribution in [0.1, 0.15) is 20.8 Å². The molecule has 2 N–H and O–H groups in total. The molecule has 0 aliphatic rings. The summed E-state index contributed by atoms with van der Waals surface area (Å²) in [5, 5.41) is 12.3. The monoisotopic (exact) mass is 367 g/mol. The smallest absolute Gasteiger partial charge is 0.240 e. The van der Waals surface area contributed by atoms with Gasteiger partial charge in [0.1, 0.15) is 0 Å². The number of H-pyrrole nitrogens is 1. The maximum absolute atomic E-state index is 12.1. The average Bonchev–Trinajstić information content (AvgIpc) is 3.13. The Kier molecular flexibility index (Phi) is 6.00. The highest BCUT2D eigenvalue weighted by atomic mass is 32.2. The Morgan fingerprint density at radius 1 is 1.42 bits per heavy atom. The predicted molar refractivity (Wildman–Crippen MR) is 96.0 cm³/mol. The van der Waals surface area contributed by atoms with Crippen LogP contribution in [0.2, 0.25) is 0 Å². The van der Waals surface area contributed by atoms with Crippen molar-refractivity contribution in [3.63, 3.8) is 0 Å². The van der Waals surface area contributed by atoms with E-state index in [0.717, 1.165) is 4.88 Å². The topological polar surface area (TPSA) is 91.0 Å². The number of aromatic amines is 1. The second-order valence-electron chi connectivity index (χ2n) is 6.28. The van der Waals surface area contributed by atoms with Gasteiger partial charge in [0, 0.05) is 12.6 Å². The third kappa shape index (κ3) is 5.64. The van der Waals surface area contributed by atoms with Crippen molar-refractivity contribution in [2.45, 2.75) is 31.5 Å². The van der Waals surface area contributed by atoms with E-state index < -0.39 is 0 Å². The maximum atomic E-state index is 12.1. The largest absolute Gasteiger partial charge is 0.350 e. The van der Waals surface area contributed by atoms with Gasteiger partial charge in [-0.15, -0.1) is 16.4 Å². The molecule has 2 rings (SSSR count). The summed E-state index contributed by atoms with van der Waals surface area (Å²) >= 11 is 2.81. The summed E-state index contributed by atoms with van der Waals surface area (Å²) < 4.78 is 0. The van der Waals surface area contributed by atoms with Gasteiger partial charge < -0.3 is 10.2 Å². The normalized spacial score (nSPS) is 11.3. The van der Waals surface area contributed by atoms with E-state index in [0.29, 0.717) is 11.0 Å². The number of hydrogen-bond acceptors (Lipinski definition) is 6. The minimum Gasteiger partial charge on any atom is -0.350 e. The molecule has 2 heterocycles. The van der Waals surface area contributed by atoms with Crippen LogP contribution in [0.15, 0.2) is 22.7 Å². The zero-order valence-electron chi connectivity index (χ0n) is 14.1. The molecule has 0 radical (unpaired) electrons. The van der Waals surface area contributed by atoms with Gasteiger partial charge in [-0.2, -0.15) is 0 Å². The Balaban J connectivity index is 1.81. The number of aromatic nitrogens is 3. The Morgan fingerprint density at radius 2 is 2.17 bits per heavy atom. The highest BCUT2D eigenvalue weighted by Crippen LogP contribution is 2.23. The van der Waals surface area contributed by atoms with Crippen LogP contribution in [0.5, 0.6) is 0 Å². The third-order valence-corrected chi connectivity index (χ3v) is 4.57. The van der Waals surface area contributed by atoms with Crippen LogP contribution in [0.4, 0.5) is 0 Å². The van der Waals surface area contributed by atoms with Crippen molar-refractivity contribution >= 4 is 34.9 Å². The van der Waals surface area contributed by atoms with Gasteiger partial charge in [0.25, 0.3) is 0 Å². The number of nitrogens with zero attached hydrogens (tertiary/aromatic N) is 3. The van der Waals surface area contributed by atoms with Crippen LogP contribution in [0.3, 0.4) is 0 Å². The zero-order valence-corrected chi connectivity index (χ0v) is 15.8. The van der Waals surface area contributed by atoms with E-state index in [1.807, 2.05) is 38.3 Å². The molecule has 2 aromatic rings. The Morgan fingerprint density at radius 3 is 2.79 bits per heavy atom. The number of likely N-dealkylation sites (N-methyl/N-ethyl adjacent to an activating group) is 1. The lowest BCUT2D eigenvalue weighted by Crippen LogP contribution is -2.46. The van der Waals surface area contributed by atoms with Crippen molar-refractivity contribution in [1.82, 2.24) is 25.4 Å². The number of hydrogen-bond donors (Lipinski definition) is 2. The number of carbonyl (C=O) groups is 2. The molecule has 0 saturated carbocycles. The number of thiophene rings is 1. The summed E-state index contributed by atoms with van der Waals surface area (Å²) in [6, 6.07) is 3.89. The van der Waals surface area contributed by atoms with Crippen molar-refractivity contribution in [3.05, 3.63) is 17.5 Å². The SMILES string of the molecule is CN(CC(=O)NC(C)(C)C)C(=O)CSc1n[nH]c(-c2cccs2)n1. The third-order valence-electron chi connectivity index (χ3n) is 2.87. The molecular weight excluding hydrogens is 346 g/mol. The van der Waals surface area contributed by atoms with E-state index in [9.17, 15) is 9.59 Å². The molecule has 0 fully saturated rings. The second-order valence-corrected chi connectivity index (χ2v) is 8.17. The molecule has 0 bridgehead atoms. The van der Waals surface area contributed by atoms with E-state index in [1.165, 1.54) is 16.7 Å². The number of rotatable bonds is 6. The van der Waals surface area contributed by atoms with Gasteiger partial charge >= 0.3 is 0 Å². The summed E-state index contributed by atoms with van der Waals surface area (Å²) in [6.45, 7) is 5.73. The first kappa shape index (κ1) is 18.5. The van der Waals surface area contributed by atoms with Gasteiger partial charge in [0.15, 0.2) is 5.82 Å². The Hall–Kier alpha value is -1.87. The fourth-order valence-corrected chi connectivity index (χ4v) is 3.24. The van der Waals surface area contributed by atoms with Gasteiger partial charge in [0.2, 0.25) is 17.0 Å². The summed E-state index contributed by atoms with van der Waals surface area (Å²) in [5.41, 5.74) is -0.313. The average molecular weight is 368 g/mol. The molecule has 24 heavy (non-hydrogen) atoms. The minimum absolute atomic E-state index is 0.0328. The standard InChI is InChI=1S/C15H21N5O2S2/c1-15(2,3)17-11(21)8-20(4)12(22)9-24-14-16-13(18-19-14)10-6-5-7-23-10/h5-7H,8-9H2,1-4H3,(H,17,21)(H,16,18,19). The van der Waals surface area contributed by atoms with Crippen molar-refractivity contribution < 1.29 is 9.59 Å². The molecule has 0 unspecified atom stereocenters. The highest BCUT2D eigenvalue weighted by Gasteiger charge is 2.18. The molecule has 0 aliphatic heterocycles. The molecular formula is C15H21N5O2S2. The lowest BCUT2D eigenvalue weighted by Gasteiger charge is -2.23. The second kappa shape index (κ2) is 7.80. The molecule has 2 aromatic heterocycles. The van der Waals surface area contributed by atoms with Gasteiger partial charge in [-0.25, -0.2) is 4.98 Å². The first-order valence-electron chi connectivity index (χ1n) is 7.38. The lowest BCUT2D eigenvalue weighted by atomic mass is 10.1. The zero-order chi connectivity index (χ0) is 17.7. The number of thioether (sulfide) groups is 1. The maximum Gasteiger partial charge on any atom is 0.240 e. The molecule has 0 saturated heterocycles. The van der Waals surface area contributed by atoms with Crippen LogP contribution in [-0.4, -0.2) is 56.8 Å². The number of amides is 2. The molecule has 9 heteroatoms. The van der Waals surface area contributed by atoms with Crippen LogP contribution in [-0.2, 0) is 9.59 Å². The van der Waals surface area contributed by atoms with Gasteiger partial charge in [-0.3, -0.25) is 14.7 Å². The van der Waals surface area contributed by atoms with E-state index in [1.54, 1.807) is 18.4 Å². The number of nitrogens with one attached hydrogen (secondary N) is 2. The molecule has 0 aliphatic carbocycles. The summed E-state index contributed by atoms with van der Waals surface area (Å²) in [5.74, 6) is 0.548. The van der Waals surface area contributed by atoms with E-state index in [2.05, 4.69) is 20.5 Å². The minimum atomic E-state index is -0.313. The van der Waals surface area contributed by atoms with Crippen molar-refractivity contribution in [3.8, 4) is 10.7 Å². The van der Waals surface area contributed by atoms with E-state index >= 15 is 0 Å². The van der Waals surface area contributed by atoms with Crippen LogP contribution in [0.25, 0.3) is 10.7 Å². The predicted octanol–water partition coefficient (Wildman–Crippen LogP) is 2.00. The van der Waals surface area contributed by atoms with E-state index in [-0.39, 0.29) is 29.7 Å². The van der Waals surface area contributed by atoms with Crippen LogP contribution in [0, 0.1) is 0 Å². The van der Waals surface area contributed by atoms with Crippen LogP contribution < -0.4 is 5.32 Å². The fraction of sp³-hybridized carbons (Fsp3) is 0.467. The quantitative estimate of drug-likeness (QED) is 0.762. The molecule has 0 spiro atoms. The van der Waals surface area contributed by atoms with Gasteiger partial charge in [-0.1, -0.05) is 17.8 Å². The molecule has 130 valence electrons. The molecule has 7 nitrogen and oxygen atoms in total. The van der Waals surface area contributed by atoms with Gasteiger partial charge in [-0.05, 0) is 32.2 Å². The Labute approximate surface area is 149 Å². The van der Waals surface area contributed by atoms with Crippen LogP contribution >= 0.6 is 23.1 Å². The van der Waals surface area contributed by atoms with Crippen molar-refractivity contribution in [2.24, 2.45) is 0 Å². The van der Waals surface area contributed by atoms with E-state index in [4.69, 9.17) is 0 Å². The molecule has 2 amide bonds. The van der Waals surface area contributed by atoms with Crippen molar-refractivity contribution in [1.29, 1.82) is 0 Å². The Bertz CT molecular complexity index is 691. The molecule has 0 atom stereocenters. The number of carbonyl (C=O) groups excluding carboxylic acids is 2. The van der Waals surface area contributed by atoms with Gasteiger partial charge in [0.05, 0.1) is 17.2 Å².